The van der Waals surface area contributed by atoms with Crippen LogP contribution in [0.1, 0.15) is 29.6 Å². The largest absolute Gasteiger partial charge is 0.481 e. The molecule has 0 spiro atoms. The van der Waals surface area contributed by atoms with Crippen molar-refractivity contribution in [3.63, 3.8) is 0 Å². The summed E-state index contributed by atoms with van der Waals surface area (Å²) in [5.41, 5.74) is 0.422. The minimum absolute atomic E-state index is 0.0926. The number of amides is 1. The number of carbonyl (C=O) groups excluding carboxylic acids is 1. The predicted octanol–water partition coefficient (Wildman–Crippen LogP) is 2.96. The van der Waals surface area contributed by atoms with E-state index < -0.39 is 5.97 Å². The second kappa shape index (κ2) is 6.83. The van der Waals surface area contributed by atoms with E-state index in [9.17, 15) is 14.0 Å². The van der Waals surface area contributed by atoms with Gasteiger partial charge < -0.3 is 10.4 Å². The maximum atomic E-state index is 13.7. The summed E-state index contributed by atoms with van der Waals surface area (Å²) in [5.74, 6) is -1.48. The number of fused-ring (bicyclic) bond motifs is 1. The average Bonchev–Trinajstić information content (AvgIpc) is 2.47. The zero-order valence-electron chi connectivity index (χ0n) is 11.4. The maximum Gasteiger partial charge on any atom is 0.303 e. The number of halogens is 1. The van der Waals surface area contributed by atoms with Gasteiger partial charge in [-0.05, 0) is 30.4 Å². The first-order valence-corrected chi connectivity index (χ1v) is 6.77. The molecular weight excluding hydrogens is 273 g/mol. The minimum atomic E-state index is -0.842. The third kappa shape index (κ3) is 3.78. The zero-order chi connectivity index (χ0) is 15.2. The Kier molecular flexibility index (Phi) is 4.87. The van der Waals surface area contributed by atoms with Gasteiger partial charge >= 0.3 is 5.97 Å². The van der Waals surface area contributed by atoms with Crippen LogP contribution in [0.2, 0.25) is 0 Å². The molecule has 1 amide bonds. The molecule has 0 aliphatic carbocycles. The Balaban J connectivity index is 2.03. The molecule has 21 heavy (non-hydrogen) atoms. The van der Waals surface area contributed by atoms with Crippen LogP contribution < -0.4 is 5.32 Å². The lowest BCUT2D eigenvalue weighted by Gasteiger charge is -2.08. The van der Waals surface area contributed by atoms with Crippen LogP contribution in [0.15, 0.2) is 36.4 Å². The van der Waals surface area contributed by atoms with Gasteiger partial charge in [-0.2, -0.15) is 0 Å². The molecule has 0 aliphatic heterocycles. The van der Waals surface area contributed by atoms with Crippen molar-refractivity contribution in [1.82, 2.24) is 5.32 Å². The fraction of sp³-hybridized carbons (Fsp3) is 0.250. The van der Waals surface area contributed by atoms with E-state index in [4.69, 9.17) is 5.11 Å². The average molecular weight is 289 g/mol. The molecule has 0 saturated carbocycles. The molecule has 4 nitrogen and oxygen atoms in total. The van der Waals surface area contributed by atoms with Crippen molar-refractivity contribution in [2.75, 3.05) is 6.54 Å². The lowest BCUT2D eigenvalue weighted by Crippen LogP contribution is -2.24. The van der Waals surface area contributed by atoms with Crippen LogP contribution in [0.3, 0.4) is 0 Å². The maximum absolute atomic E-state index is 13.7. The van der Waals surface area contributed by atoms with E-state index >= 15 is 0 Å². The highest BCUT2D eigenvalue weighted by Gasteiger charge is 2.11. The molecule has 0 aliphatic rings. The van der Waals surface area contributed by atoms with Crippen molar-refractivity contribution in [1.29, 1.82) is 0 Å². The van der Waals surface area contributed by atoms with Crippen LogP contribution >= 0.6 is 0 Å². The molecule has 110 valence electrons. The van der Waals surface area contributed by atoms with Gasteiger partial charge in [0.1, 0.15) is 5.82 Å². The predicted molar refractivity (Wildman–Crippen MR) is 77.7 cm³/mol. The molecule has 0 unspecified atom stereocenters. The fourth-order valence-electron chi connectivity index (χ4n) is 2.16. The van der Waals surface area contributed by atoms with E-state index in [1.807, 2.05) is 0 Å². The SMILES string of the molecule is O=C(O)CCCCNC(=O)c1ccc(F)c2ccccc12. The van der Waals surface area contributed by atoms with Crippen LogP contribution in [0.4, 0.5) is 4.39 Å². The van der Waals surface area contributed by atoms with Crippen molar-refractivity contribution in [3.05, 3.63) is 47.8 Å². The van der Waals surface area contributed by atoms with E-state index in [2.05, 4.69) is 5.32 Å². The normalized spacial score (nSPS) is 10.5. The number of rotatable bonds is 6. The molecule has 0 fully saturated rings. The standard InChI is InChI=1S/C16H16FNO3/c17-14-9-8-13(11-5-1-2-6-12(11)14)16(21)18-10-4-3-7-15(19)20/h1-2,5-6,8-9H,3-4,7,10H2,(H,18,21)(H,19,20). The topological polar surface area (TPSA) is 66.4 Å². The molecule has 2 aromatic carbocycles. The number of carbonyl (C=O) groups is 2. The van der Waals surface area contributed by atoms with Gasteiger partial charge in [0.25, 0.3) is 5.91 Å². The Bertz CT molecular complexity index is 670. The second-order valence-electron chi connectivity index (χ2n) is 4.75. The molecule has 5 heteroatoms. The van der Waals surface area contributed by atoms with Gasteiger partial charge in [-0.15, -0.1) is 0 Å². The van der Waals surface area contributed by atoms with Crippen molar-refractivity contribution in [2.45, 2.75) is 19.3 Å². The van der Waals surface area contributed by atoms with Crippen LogP contribution in [0, 0.1) is 5.82 Å². The molecule has 2 rings (SSSR count). The Labute approximate surface area is 121 Å². The van der Waals surface area contributed by atoms with Crippen molar-refractivity contribution in [3.8, 4) is 0 Å². The summed E-state index contributed by atoms with van der Waals surface area (Å²) < 4.78 is 13.7. The highest BCUT2D eigenvalue weighted by atomic mass is 19.1. The Morgan fingerprint density at radius 2 is 1.76 bits per heavy atom. The smallest absolute Gasteiger partial charge is 0.303 e. The van der Waals surface area contributed by atoms with Gasteiger partial charge in [-0.3, -0.25) is 9.59 Å². The van der Waals surface area contributed by atoms with Crippen LogP contribution in [-0.4, -0.2) is 23.5 Å². The van der Waals surface area contributed by atoms with Gasteiger partial charge in [0.05, 0.1) is 0 Å². The molecule has 0 heterocycles. The third-order valence-corrected chi connectivity index (χ3v) is 3.22. The number of hydrogen-bond donors (Lipinski definition) is 2. The third-order valence-electron chi connectivity index (χ3n) is 3.22. The summed E-state index contributed by atoms with van der Waals surface area (Å²) in [4.78, 5) is 22.5. The summed E-state index contributed by atoms with van der Waals surface area (Å²) in [6, 6.07) is 9.56. The lowest BCUT2D eigenvalue weighted by molar-refractivity contribution is -0.137. The first kappa shape index (κ1) is 15.0. The lowest BCUT2D eigenvalue weighted by atomic mass is 10.0. The molecule has 0 bridgehead atoms. The number of aliphatic carboxylic acids is 1. The Morgan fingerprint density at radius 1 is 1.05 bits per heavy atom. The van der Waals surface area contributed by atoms with E-state index in [0.717, 1.165) is 0 Å². The number of nitrogens with one attached hydrogen (secondary N) is 1. The van der Waals surface area contributed by atoms with E-state index in [1.54, 1.807) is 24.3 Å². The highest BCUT2D eigenvalue weighted by Crippen LogP contribution is 2.21. The quantitative estimate of drug-likeness (QED) is 0.803. The highest BCUT2D eigenvalue weighted by molar-refractivity contribution is 6.07. The number of unbranched alkanes of at least 4 members (excludes halogenated alkanes) is 1. The van der Waals surface area contributed by atoms with Crippen molar-refractivity contribution in [2.24, 2.45) is 0 Å². The number of carboxylic acids is 1. The van der Waals surface area contributed by atoms with E-state index in [0.29, 0.717) is 35.7 Å². The van der Waals surface area contributed by atoms with Gasteiger partial charge in [0, 0.05) is 23.9 Å². The van der Waals surface area contributed by atoms with Crippen molar-refractivity contribution >= 4 is 22.6 Å². The summed E-state index contributed by atoms with van der Waals surface area (Å²) in [6.45, 7) is 0.401. The molecule has 0 atom stereocenters. The monoisotopic (exact) mass is 289 g/mol. The fourth-order valence-corrected chi connectivity index (χ4v) is 2.16. The summed E-state index contributed by atoms with van der Waals surface area (Å²) in [7, 11) is 0. The first-order chi connectivity index (χ1) is 10.1. The first-order valence-electron chi connectivity index (χ1n) is 6.77. The van der Waals surface area contributed by atoms with E-state index in [1.165, 1.54) is 12.1 Å². The summed E-state index contributed by atoms with van der Waals surface area (Å²) >= 11 is 0. The number of benzene rings is 2. The molecular formula is C16H16FNO3. The molecule has 0 saturated heterocycles. The van der Waals surface area contributed by atoms with Gasteiger partial charge in [-0.1, -0.05) is 24.3 Å². The Morgan fingerprint density at radius 3 is 2.48 bits per heavy atom. The zero-order valence-corrected chi connectivity index (χ0v) is 11.4. The number of carboxylic acid groups (broad SMARTS) is 1. The minimum Gasteiger partial charge on any atom is -0.481 e. The molecule has 2 aromatic rings. The van der Waals surface area contributed by atoms with Crippen LogP contribution in [0.5, 0.6) is 0 Å². The second-order valence-corrected chi connectivity index (χ2v) is 4.75. The molecule has 0 radical (unpaired) electrons. The Hall–Kier alpha value is -2.43. The van der Waals surface area contributed by atoms with Crippen LogP contribution in [0.25, 0.3) is 10.8 Å². The van der Waals surface area contributed by atoms with Gasteiger partial charge in [0.15, 0.2) is 0 Å². The summed E-state index contributed by atoms with van der Waals surface area (Å²) in [5, 5.41) is 12.2. The molecule has 0 aromatic heterocycles. The number of hydrogen-bond acceptors (Lipinski definition) is 2. The van der Waals surface area contributed by atoms with Gasteiger partial charge in [-0.25, -0.2) is 4.39 Å². The van der Waals surface area contributed by atoms with Gasteiger partial charge in [0.2, 0.25) is 0 Å². The summed E-state index contributed by atoms with van der Waals surface area (Å²) in [6.07, 6.45) is 1.20. The van der Waals surface area contributed by atoms with Crippen LogP contribution in [-0.2, 0) is 4.79 Å². The molecule has 2 N–H and O–H groups in total. The van der Waals surface area contributed by atoms with E-state index in [-0.39, 0.29) is 18.1 Å². The van der Waals surface area contributed by atoms with Crippen molar-refractivity contribution < 1.29 is 19.1 Å².